The number of carbonyl (C=O) groups is 1. The highest BCUT2D eigenvalue weighted by Crippen LogP contribution is 2.28. The average molecular weight is 279 g/mol. The molecule has 1 aliphatic rings. The van der Waals surface area contributed by atoms with Crippen LogP contribution in [0, 0.1) is 6.92 Å². The fourth-order valence-corrected chi connectivity index (χ4v) is 2.53. The molecule has 2 unspecified atom stereocenters. The van der Waals surface area contributed by atoms with Gasteiger partial charge in [0.2, 0.25) is 0 Å². The Labute approximate surface area is 120 Å². The summed E-state index contributed by atoms with van der Waals surface area (Å²) in [7, 11) is 0. The van der Waals surface area contributed by atoms with Gasteiger partial charge in [-0.3, -0.25) is 14.8 Å². The highest BCUT2D eigenvalue weighted by Gasteiger charge is 2.41. The first-order chi connectivity index (χ1) is 9.44. The second-order valence-electron chi connectivity index (χ2n) is 6.02. The maximum Gasteiger partial charge on any atom is 0.326 e. The van der Waals surface area contributed by atoms with Gasteiger partial charge in [0.1, 0.15) is 5.54 Å². The molecule has 1 aliphatic carbocycles. The van der Waals surface area contributed by atoms with E-state index in [9.17, 15) is 4.79 Å². The molecule has 1 aromatic rings. The summed E-state index contributed by atoms with van der Waals surface area (Å²) in [4.78, 5) is 12.3. The van der Waals surface area contributed by atoms with Gasteiger partial charge < -0.3 is 4.74 Å². The molecule has 112 valence electrons. The van der Waals surface area contributed by atoms with Crippen LogP contribution < -0.4 is 5.32 Å². The molecule has 0 radical (unpaired) electrons. The van der Waals surface area contributed by atoms with E-state index in [1.807, 2.05) is 37.8 Å². The highest BCUT2D eigenvalue weighted by atomic mass is 16.5. The topological polar surface area (TPSA) is 56.2 Å². The maximum atomic E-state index is 12.3. The van der Waals surface area contributed by atoms with Crippen molar-refractivity contribution in [1.29, 1.82) is 0 Å². The fraction of sp³-hybridized carbons (Fsp3) is 0.733. The number of ether oxygens (including phenoxy) is 1. The zero-order chi connectivity index (χ0) is 14.8. The van der Waals surface area contributed by atoms with Gasteiger partial charge in [0.05, 0.1) is 18.8 Å². The molecular weight excluding hydrogens is 254 g/mol. The molecule has 20 heavy (non-hydrogen) atoms. The minimum atomic E-state index is -0.642. The molecule has 0 aliphatic heterocycles. The van der Waals surface area contributed by atoms with Crippen molar-refractivity contribution >= 4 is 5.97 Å². The van der Waals surface area contributed by atoms with Crippen LogP contribution in [0.2, 0.25) is 0 Å². The number of aryl methyl sites for hydroxylation is 1. The van der Waals surface area contributed by atoms with E-state index < -0.39 is 5.54 Å². The minimum absolute atomic E-state index is 0.143. The van der Waals surface area contributed by atoms with Crippen LogP contribution in [0.1, 0.15) is 51.6 Å². The van der Waals surface area contributed by atoms with E-state index >= 15 is 0 Å². The lowest BCUT2D eigenvalue weighted by Crippen LogP contribution is -2.52. The largest absolute Gasteiger partial charge is 0.465 e. The van der Waals surface area contributed by atoms with Crippen molar-refractivity contribution in [1.82, 2.24) is 15.1 Å². The fourth-order valence-electron chi connectivity index (χ4n) is 2.53. The molecule has 0 spiro atoms. The standard InChI is InChI=1S/C15H25N3O2/c1-5-20-14(19)15(4,17-13-6-7-13)8-12(3)18-10-11(2)9-16-18/h9-10,12-13,17H,5-8H2,1-4H3. The molecular formula is C15H25N3O2. The number of nitrogens with zero attached hydrogens (tertiary/aromatic N) is 2. The van der Waals surface area contributed by atoms with Crippen LogP contribution in [0.3, 0.4) is 0 Å². The van der Waals surface area contributed by atoms with Gasteiger partial charge in [-0.05, 0) is 52.5 Å². The molecule has 2 atom stereocenters. The van der Waals surface area contributed by atoms with Crippen molar-refractivity contribution in [3.63, 3.8) is 0 Å². The van der Waals surface area contributed by atoms with E-state index in [2.05, 4.69) is 17.3 Å². The van der Waals surface area contributed by atoms with Crippen LogP contribution in [0.15, 0.2) is 12.4 Å². The lowest BCUT2D eigenvalue weighted by atomic mass is 9.93. The highest BCUT2D eigenvalue weighted by molar-refractivity contribution is 5.80. The Morgan fingerprint density at radius 1 is 1.65 bits per heavy atom. The molecule has 5 heteroatoms. The van der Waals surface area contributed by atoms with Crippen molar-refractivity contribution in [3.8, 4) is 0 Å². The minimum Gasteiger partial charge on any atom is -0.465 e. The zero-order valence-corrected chi connectivity index (χ0v) is 12.8. The molecule has 1 heterocycles. The summed E-state index contributed by atoms with van der Waals surface area (Å²) in [5.41, 5.74) is 0.487. The molecule has 1 N–H and O–H groups in total. The van der Waals surface area contributed by atoms with Gasteiger partial charge in [-0.2, -0.15) is 5.10 Å². The molecule has 2 rings (SSSR count). The molecule has 5 nitrogen and oxygen atoms in total. The predicted octanol–water partition coefficient (Wildman–Crippen LogP) is 2.22. The molecule has 1 fully saturated rings. The van der Waals surface area contributed by atoms with Crippen LogP contribution in [0.4, 0.5) is 0 Å². The predicted molar refractivity (Wildman–Crippen MR) is 77.5 cm³/mol. The number of esters is 1. The number of hydrogen-bond donors (Lipinski definition) is 1. The van der Waals surface area contributed by atoms with E-state index in [1.165, 1.54) is 0 Å². The summed E-state index contributed by atoms with van der Waals surface area (Å²) in [6, 6.07) is 0.598. The van der Waals surface area contributed by atoms with Gasteiger partial charge in [0, 0.05) is 12.2 Å². The van der Waals surface area contributed by atoms with Crippen LogP contribution >= 0.6 is 0 Å². The molecule has 0 bridgehead atoms. The first-order valence-electron chi connectivity index (χ1n) is 7.40. The van der Waals surface area contributed by atoms with Crippen LogP contribution in [-0.4, -0.2) is 33.9 Å². The third-order valence-corrected chi connectivity index (χ3v) is 3.71. The Balaban J connectivity index is 2.07. The van der Waals surface area contributed by atoms with E-state index in [0.717, 1.165) is 18.4 Å². The number of aromatic nitrogens is 2. The molecule has 1 saturated carbocycles. The first kappa shape index (κ1) is 15.0. The third-order valence-electron chi connectivity index (χ3n) is 3.71. The smallest absolute Gasteiger partial charge is 0.326 e. The van der Waals surface area contributed by atoms with Crippen molar-refractivity contribution in [3.05, 3.63) is 18.0 Å². The zero-order valence-electron chi connectivity index (χ0n) is 12.8. The van der Waals surface area contributed by atoms with Crippen LogP contribution in [-0.2, 0) is 9.53 Å². The second kappa shape index (κ2) is 5.95. The van der Waals surface area contributed by atoms with E-state index in [4.69, 9.17) is 4.74 Å². The lowest BCUT2D eigenvalue weighted by molar-refractivity contribution is -0.151. The Hall–Kier alpha value is -1.36. The lowest BCUT2D eigenvalue weighted by Gasteiger charge is -2.31. The van der Waals surface area contributed by atoms with Crippen molar-refractivity contribution in [2.45, 2.75) is 64.6 Å². The van der Waals surface area contributed by atoms with Crippen LogP contribution in [0.25, 0.3) is 0 Å². The van der Waals surface area contributed by atoms with Gasteiger partial charge >= 0.3 is 5.97 Å². The van der Waals surface area contributed by atoms with E-state index in [0.29, 0.717) is 19.1 Å². The van der Waals surface area contributed by atoms with Gasteiger partial charge in [0.25, 0.3) is 0 Å². The average Bonchev–Trinajstić information content (AvgIpc) is 3.07. The van der Waals surface area contributed by atoms with Crippen molar-refractivity contribution in [2.24, 2.45) is 0 Å². The summed E-state index contributed by atoms with van der Waals surface area (Å²) < 4.78 is 7.16. The summed E-state index contributed by atoms with van der Waals surface area (Å²) in [5.74, 6) is -0.164. The van der Waals surface area contributed by atoms with Gasteiger partial charge in [-0.25, -0.2) is 0 Å². The first-order valence-corrected chi connectivity index (χ1v) is 7.40. The quantitative estimate of drug-likeness (QED) is 0.778. The molecule has 0 saturated heterocycles. The third kappa shape index (κ3) is 3.60. The monoisotopic (exact) mass is 279 g/mol. The maximum absolute atomic E-state index is 12.3. The van der Waals surface area contributed by atoms with Crippen molar-refractivity contribution in [2.75, 3.05) is 6.61 Å². The number of rotatable bonds is 7. The number of nitrogens with one attached hydrogen (secondary N) is 1. The molecule has 0 amide bonds. The van der Waals surface area contributed by atoms with Gasteiger partial charge in [0.15, 0.2) is 0 Å². The summed E-state index contributed by atoms with van der Waals surface area (Å²) >= 11 is 0. The van der Waals surface area contributed by atoms with Crippen molar-refractivity contribution < 1.29 is 9.53 Å². The summed E-state index contributed by atoms with van der Waals surface area (Å²) in [5, 5.41) is 7.78. The SMILES string of the molecule is CCOC(=O)C(C)(CC(C)n1cc(C)cn1)NC1CC1. The van der Waals surface area contributed by atoms with Crippen LogP contribution in [0.5, 0.6) is 0 Å². The number of carbonyl (C=O) groups excluding carboxylic acids is 1. The Bertz CT molecular complexity index is 467. The van der Waals surface area contributed by atoms with E-state index in [1.54, 1.807) is 0 Å². The summed E-state index contributed by atoms with van der Waals surface area (Å²) in [6.07, 6.45) is 6.80. The van der Waals surface area contributed by atoms with Gasteiger partial charge in [-0.1, -0.05) is 0 Å². The number of hydrogen-bond acceptors (Lipinski definition) is 4. The Morgan fingerprint density at radius 2 is 2.35 bits per heavy atom. The summed E-state index contributed by atoms with van der Waals surface area (Å²) in [6.45, 7) is 8.30. The van der Waals surface area contributed by atoms with Gasteiger partial charge in [-0.15, -0.1) is 0 Å². The second-order valence-corrected chi connectivity index (χ2v) is 6.02. The molecule has 0 aromatic carbocycles. The normalized spacial score (nSPS) is 19.4. The Morgan fingerprint density at radius 3 is 2.85 bits per heavy atom. The Kier molecular flexibility index (Phi) is 4.48. The molecule has 1 aromatic heterocycles. The van der Waals surface area contributed by atoms with E-state index in [-0.39, 0.29) is 12.0 Å².